The Morgan fingerprint density at radius 1 is 0.633 bits per heavy atom. The van der Waals surface area contributed by atoms with Crippen molar-refractivity contribution in [3.8, 4) is 51.0 Å². The number of fused-ring (bicyclic) bond motifs is 6. The summed E-state index contributed by atoms with van der Waals surface area (Å²) in [5, 5.41) is 9.59. The summed E-state index contributed by atoms with van der Waals surface area (Å²) in [4.78, 5) is 13.9. The molecule has 5 aromatic rings. The number of alkyl halides is 6. The van der Waals surface area contributed by atoms with Crippen LogP contribution in [0.2, 0.25) is 0 Å². The SMILES string of the molecule is CC1C/C1=C1\c2cc(-c3cc(F)cc(C(F)(F)F)c3)ccc2-c2nc3c(nc21)-c1ccc(-c2cc(F)cc(C(F)(F)F)c2)cc1C3=NC#N. The van der Waals surface area contributed by atoms with E-state index in [0.717, 1.165) is 41.8 Å². The van der Waals surface area contributed by atoms with Gasteiger partial charge < -0.3 is 0 Å². The standard InChI is InChI=1S/C37H18F8N4/c1-16-6-27(16)30-28-11-17(19-7-21(36(40,41)42)13-23(38)9-19)2-4-25(28)32-34(30)48-33-26-5-3-18(12-29(26)31(47-15-46)35(33)49-32)20-8-22(37(43,44)45)14-24(39)10-20/h2-5,7-14,16H,6H2,1H3/b30-27-,47-31?. The van der Waals surface area contributed by atoms with Gasteiger partial charge in [-0.2, -0.15) is 36.6 Å². The van der Waals surface area contributed by atoms with Crippen LogP contribution in [0.5, 0.6) is 0 Å². The van der Waals surface area contributed by atoms with Crippen LogP contribution in [-0.2, 0) is 12.4 Å². The lowest BCUT2D eigenvalue weighted by Crippen LogP contribution is -2.06. The minimum Gasteiger partial charge on any atom is -0.243 e. The van der Waals surface area contributed by atoms with Gasteiger partial charge in [-0.25, -0.2) is 18.7 Å². The summed E-state index contributed by atoms with van der Waals surface area (Å²) in [6.07, 6.45) is -7.00. The van der Waals surface area contributed by atoms with Crippen LogP contribution in [0.3, 0.4) is 0 Å². The van der Waals surface area contributed by atoms with E-state index >= 15 is 0 Å². The van der Waals surface area contributed by atoms with Crippen molar-refractivity contribution < 1.29 is 35.1 Å². The molecule has 0 amide bonds. The smallest absolute Gasteiger partial charge is 0.243 e. The molecule has 4 nitrogen and oxygen atoms in total. The van der Waals surface area contributed by atoms with Gasteiger partial charge in [0.15, 0.2) is 0 Å². The van der Waals surface area contributed by atoms with Gasteiger partial charge in [0.05, 0.1) is 28.2 Å². The van der Waals surface area contributed by atoms with Crippen LogP contribution in [0, 0.1) is 29.0 Å². The van der Waals surface area contributed by atoms with Gasteiger partial charge >= 0.3 is 12.4 Å². The molecule has 4 aromatic carbocycles. The molecule has 1 unspecified atom stereocenters. The fourth-order valence-electron chi connectivity index (χ4n) is 6.62. The molecule has 0 aliphatic heterocycles. The minimum atomic E-state index is -4.77. The molecule has 242 valence electrons. The number of rotatable bonds is 2. The molecule has 1 fully saturated rings. The van der Waals surface area contributed by atoms with E-state index < -0.39 is 35.1 Å². The first kappa shape index (κ1) is 30.6. The van der Waals surface area contributed by atoms with Gasteiger partial charge in [-0.3, -0.25) is 0 Å². The quantitative estimate of drug-likeness (QED) is 0.136. The predicted octanol–water partition coefficient (Wildman–Crippen LogP) is 10.2. The number of halogens is 8. The zero-order valence-corrected chi connectivity index (χ0v) is 25.0. The van der Waals surface area contributed by atoms with E-state index in [-0.39, 0.29) is 34.0 Å². The first-order valence-corrected chi connectivity index (χ1v) is 14.9. The van der Waals surface area contributed by atoms with Gasteiger partial charge in [0, 0.05) is 22.3 Å². The van der Waals surface area contributed by atoms with Crippen LogP contribution in [0.15, 0.2) is 83.4 Å². The Morgan fingerprint density at radius 2 is 1.12 bits per heavy atom. The summed E-state index contributed by atoms with van der Waals surface area (Å²) >= 11 is 0. The molecular formula is C37H18F8N4. The molecule has 1 heterocycles. The van der Waals surface area contributed by atoms with E-state index in [4.69, 9.17) is 9.97 Å². The molecule has 0 spiro atoms. The zero-order valence-electron chi connectivity index (χ0n) is 25.0. The zero-order chi connectivity index (χ0) is 34.6. The average Bonchev–Trinajstić information content (AvgIpc) is 3.57. The van der Waals surface area contributed by atoms with Crippen LogP contribution in [0.1, 0.15) is 47.0 Å². The van der Waals surface area contributed by atoms with E-state index in [1.54, 1.807) is 30.5 Å². The van der Waals surface area contributed by atoms with Gasteiger partial charge in [-0.1, -0.05) is 36.8 Å². The summed E-state index contributed by atoms with van der Waals surface area (Å²) in [5.74, 6) is -1.88. The van der Waals surface area contributed by atoms with E-state index in [1.807, 2.05) is 6.92 Å². The monoisotopic (exact) mass is 670 g/mol. The van der Waals surface area contributed by atoms with Crippen LogP contribution < -0.4 is 0 Å². The largest absolute Gasteiger partial charge is 0.416 e. The maximum Gasteiger partial charge on any atom is 0.416 e. The molecular weight excluding hydrogens is 652 g/mol. The van der Waals surface area contributed by atoms with Gasteiger partial charge in [-0.05, 0) is 88.7 Å². The Labute approximate surface area is 272 Å². The lowest BCUT2D eigenvalue weighted by Gasteiger charge is -2.11. The summed E-state index contributed by atoms with van der Waals surface area (Å²) in [6.45, 7) is 2.03. The number of hydrogen-bond acceptors (Lipinski definition) is 4. The molecule has 1 aromatic heterocycles. The predicted molar refractivity (Wildman–Crippen MR) is 165 cm³/mol. The van der Waals surface area contributed by atoms with Gasteiger partial charge in [0.25, 0.3) is 0 Å². The minimum absolute atomic E-state index is 0.0223. The van der Waals surface area contributed by atoms with Crippen LogP contribution in [0.4, 0.5) is 35.1 Å². The third-order valence-electron chi connectivity index (χ3n) is 8.99. The number of nitrogens with zero attached hydrogens (tertiary/aromatic N) is 4. The fraction of sp³-hybridized carbons (Fsp3) is 0.135. The highest BCUT2D eigenvalue weighted by atomic mass is 19.4. The molecule has 12 heteroatoms. The number of allylic oxidation sites excluding steroid dienone is 1. The van der Waals surface area contributed by atoms with E-state index in [0.29, 0.717) is 57.0 Å². The topological polar surface area (TPSA) is 61.9 Å². The van der Waals surface area contributed by atoms with Crippen molar-refractivity contribution in [2.75, 3.05) is 0 Å². The molecule has 3 aliphatic carbocycles. The van der Waals surface area contributed by atoms with Crippen molar-refractivity contribution in [1.82, 2.24) is 9.97 Å². The second kappa shape index (κ2) is 10.4. The Morgan fingerprint density at radius 3 is 1.63 bits per heavy atom. The van der Waals surface area contributed by atoms with Crippen molar-refractivity contribution in [2.45, 2.75) is 25.7 Å². The van der Waals surface area contributed by atoms with Crippen LogP contribution in [-0.4, -0.2) is 15.7 Å². The van der Waals surface area contributed by atoms with E-state index in [1.165, 1.54) is 12.1 Å². The molecule has 0 bridgehead atoms. The Balaban J connectivity index is 1.27. The first-order chi connectivity index (χ1) is 23.2. The van der Waals surface area contributed by atoms with Crippen LogP contribution >= 0.6 is 0 Å². The maximum absolute atomic E-state index is 14.3. The highest BCUT2D eigenvalue weighted by Crippen LogP contribution is 2.54. The summed E-state index contributed by atoms with van der Waals surface area (Å²) in [6, 6.07) is 14.2. The van der Waals surface area contributed by atoms with Crippen molar-refractivity contribution in [2.24, 2.45) is 10.9 Å². The Bertz CT molecular complexity index is 2400. The van der Waals surface area contributed by atoms with Gasteiger partial charge in [0.1, 0.15) is 23.0 Å². The Kier molecular flexibility index (Phi) is 6.50. The molecule has 3 aliphatic rings. The third kappa shape index (κ3) is 4.99. The van der Waals surface area contributed by atoms with E-state index in [9.17, 15) is 40.4 Å². The maximum atomic E-state index is 14.3. The molecule has 8 rings (SSSR count). The molecule has 0 saturated heterocycles. The van der Waals surface area contributed by atoms with Crippen LogP contribution in [0.25, 0.3) is 50.3 Å². The first-order valence-electron chi connectivity index (χ1n) is 14.9. The second-order valence-corrected chi connectivity index (χ2v) is 12.2. The molecule has 0 N–H and O–H groups in total. The molecule has 0 radical (unpaired) electrons. The lowest BCUT2D eigenvalue weighted by molar-refractivity contribution is -0.138. The Hall–Kier alpha value is -5.70. The number of nitriles is 1. The number of hydrogen-bond donors (Lipinski definition) is 0. The molecule has 1 atom stereocenters. The normalized spacial score (nSPS) is 18.2. The molecule has 49 heavy (non-hydrogen) atoms. The van der Waals surface area contributed by atoms with Gasteiger partial charge in [0.2, 0.25) is 6.19 Å². The number of aliphatic imine (C=N–C) groups is 1. The lowest BCUT2D eigenvalue weighted by atomic mass is 9.96. The van der Waals surface area contributed by atoms with Gasteiger partial charge in [-0.15, -0.1) is 0 Å². The van der Waals surface area contributed by atoms with Crippen molar-refractivity contribution in [3.05, 3.63) is 124 Å². The highest BCUT2D eigenvalue weighted by Gasteiger charge is 2.40. The highest BCUT2D eigenvalue weighted by molar-refractivity contribution is 6.24. The average molecular weight is 671 g/mol. The fourth-order valence-corrected chi connectivity index (χ4v) is 6.62. The van der Waals surface area contributed by atoms with E-state index in [2.05, 4.69) is 4.99 Å². The van der Waals surface area contributed by atoms with Crippen molar-refractivity contribution >= 4 is 11.3 Å². The number of benzene rings is 4. The third-order valence-corrected chi connectivity index (χ3v) is 8.99. The summed E-state index contributed by atoms with van der Waals surface area (Å²) < 4.78 is 109. The summed E-state index contributed by atoms with van der Waals surface area (Å²) in [5.41, 5.74) is 4.18. The van der Waals surface area contributed by atoms with Crippen molar-refractivity contribution in [3.63, 3.8) is 0 Å². The number of aromatic nitrogens is 2. The van der Waals surface area contributed by atoms with Crippen molar-refractivity contribution in [1.29, 1.82) is 5.26 Å². The molecule has 1 saturated carbocycles. The second-order valence-electron chi connectivity index (χ2n) is 12.2. The summed E-state index contributed by atoms with van der Waals surface area (Å²) in [7, 11) is 0.